The maximum absolute atomic E-state index is 12.4. The van der Waals surface area contributed by atoms with Gasteiger partial charge in [0, 0.05) is 0 Å². The van der Waals surface area contributed by atoms with E-state index in [1.807, 2.05) is 6.92 Å². The number of rotatable bonds is 9. The van der Waals surface area contributed by atoms with Crippen molar-refractivity contribution in [2.75, 3.05) is 13.2 Å². The molecular weight excluding hydrogens is 414 g/mol. The molecule has 2 aromatic rings. The molecular formula is C20H21NO6S2. The van der Waals surface area contributed by atoms with E-state index in [4.69, 9.17) is 9.47 Å². The molecule has 1 aromatic carbocycles. The smallest absolute Gasteiger partial charge is 0.341 e. The molecule has 0 saturated heterocycles. The van der Waals surface area contributed by atoms with Crippen molar-refractivity contribution in [1.29, 1.82) is 0 Å². The van der Waals surface area contributed by atoms with Crippen molar-refractivity contribution in [3.63, 3.8) is 0 Å². The quantitative estimate of drug-likeness (QED) is 0.207. The van der Waals surface area contributed by atoms with Crippen LogP contribution in [0.25, 0.3) is 0 Å². The zero-order chi connectivity index (χ0) is 21.4. The molecule has 7 nitrogen and oxygen atoms in total. The molecule has 0 aliphatic carbocycles. The van der Waals surface area contributed by atoms with Crippen molar-refractivity contribution in [2.45, 2.75) is 25.0 Å². The number of ketones is 1. The van der Waals surface area contributed by atoms with Crippen LogP contribution in [0.3, 0.4) is 0 Å². The van der Waals surface area contributed by atoms with Crippen molar-refractivity contribution in [3.8, 4) is 5.75 Å². The average Bonchev–Trinajstić information content (AvgIpc) is 3.24. The lowest BCUT2D eigenvalue weighted by molar-refractivity contribution is -0.135. The van der Waals surface area contributed by atoms with Gasteiger partial charge in [-0.3, -0.25) is 9.59 Å². The molecule has 0 aliphatic rings. The molecule has 9 heteroatoms. The number of thiophene rings is 1. The van der Waals surface area contributed by atoms with Gasteiger partial charge in [0.1, 0.15) is 17.9 Å². The minimum absolute atomic E-state index is 0.0242. The van der Waals surface area contributed by atoms with E-state index in [9.17, 15) is 19.2 Å². The van der Waals surface area contributed by atoms with Gasteiger partial charge < -0.3 is 14.8 Å². The summed E-state index contributed by atoms with van der Waals surface area (Å²) >= 11 is 5.37. The predicted octanol–water partition coefficient (Wildman–Crippen LogP) is 2.91. The Labute approximate surface area is 177 Å². The van der Waals surface area contributed by atoms with Crippen LogP contribution < -0.4 is 10.1 Å². The molecule has 0 spiro atoms. The van der Waals surface area contributed by atoms with E-state index in [2.05, 4.69) is 17.9 Å². The van der Waals surface area contributed by atoms with Crippen molar-refractivity contribution < 1.29 is 28.7 Å². The van der Waals surface area contributed by atoms with Crippen molar-refractivity contribution in [2.24, 2.45) is 0 Å². The van der Waals surface area contributed by atoms with Gasteiger partial charge in [0.25, 0.3) is 0 Å². The monoisotopic (exact) mass is 435 g/mol. The fourth-order valence-corrected chi connectivity index (χ4v) is 3.28. The molecule has 1 atom stereocenters. The summed E-state index contributed by atoms with van der Waals surface area (Å²) in [5.74, 6) is -2.58. The first-order valence-electron chi connectivity index (χ1n) is 8.83. The van der Waals surface area contributed by atoms with Crippen molar-refractivity contribution >= 4 is 47.6 Å². The van der Waals surface area contributed by atoms with Crippen LogP contribution in [0.5, 0.6) is 5.75 Å². The SMILES string of the molecule is CCCOC(=O)c1ccccc1OC(=O)CNC(=O)C(C)(S)C(=O)c1cccs1. The van der Waals surface area contributed by atoms with E-state index in [-0.39, 0.29) is 17.9 Å². The summed E-state index contributed by atoms with van der Waals surface area (Å²) in [6, 6.07) is 9.43. The number of carbonyl (C=O) groups excluding carboxylic acids is 4. The van der Waals surface area contributed by atoms with Crippen molar-refractivity contribution in [3.05, 3.63) is 52.2 Å². The summed E-state index contributed by atoms with van der Waals surface area (Å²) in [5, 5.41) is 4.06. The Balaban J connectivity index is 1.97. The standard InChI is InChI=1S/C20H21NO6S2/c1-3-10-26-18(24)13-7-4-5-8-14(13)27-16(22)12-21-19(25)20(2,28)17(23)15-9-6-11-29-15/h4-9,11,28H,3,10,12H2,1-2H3,(H,21,25). The molecule has 0 saturated carbocycles. The topological polar surface area (TPSA) is 98.8 Å². The molecule has 1 aromatic heterocycles. The summed E-state index contributed by atoms with van der Waals surface area (Å²) < 4.78 is 8.59. The summed E-state index contributed by atoms with van der Waals surface area (Å²) in [5.41, 5.74) is 0.104. The van der Waals surface area contributed by atoms with Gasteiger partial charge in [-0.1, -0.05) is 25.1 Å². The van der Waals surface area contributed by atoms with Crippen LogP contribution in [-0.4, -0.2) is 41.5 Å². The van der Waals surface area contributed by atoms with Gasteiger partial charge in [-0.15, -0.1) is 11.3 Å². The minimum Gasteiger partial charge on any atom is -0.462 e. The lowest BCUT2D eigenvalue weighted by atomic mass is 10.0. The lowest BCUT2D eigenvalue weighted by Crippen LogP contribution is -2.48. The van der Waals surface area contributed by atoms with E-state index in [0.29, 0.717) is 11.3 Å². The van der Waals surface area contributed by atoms with E-state index in [1.165, 1.54) is 30.4 Å². The van der Waals surface area contributed by atoms with Gasteiger partial charge in [-0.25, -0.2) is 9.59 Å². The Morgan fingerprint density at radius 2 is 1.86 bits per heavy atom. The normalized spacial score (nSPS) is 12.5. The summed E-state index contributed by atoms with van der Waals surface area (Å²) in [6.45, 7) is 2.97. The molecule has 154 valence electrons. The molecule has 1 heterocycles. The van der Waals surface area contributed by atoms with Crippen LogP contribution in [0.4, 0.5) is 0 Å². The number of hydrogen-bond acceptors (Lipinski definition) is 8. The molecule has 1 amide bonds. The van der Waals surface area contributed by atoms with Crippen LogP contribution in [0.2, 0.25) is 0 Å². The number of thiol groups is 1. The summed E-state index contributed by atoms with van der Waals surface area (Å²) in [7, 11) is 0. The zero-order valence-corrected chi connectivity index (χ0v) is 17.7. The van der Waals surface area contributed by atoms with E-state index in [0.717, 1.165) is 0 Å². The summed E-state index contributed by atoms with van der Waals surface area (Å²) in [6.07, 6.45) is 0.659. The average molecular weight is 436 g/mol. The van der Waals surface area contributed by atoms with Gasteiger partial charge in [0.05, 0.1) is 11.5 Å². The first kappa shape index (κ1) is 22.6. The van der Waals surface area contributed by atoms with Gasteiger partial charge in [-0.05, 0) is 36.9 Å². The molecule has 0 radical (unpaired) electrons. The number of amides is 1. The second-order valence-electron chi connectivity index (χ2n) is 6.17. The van der Waals surface area contributed by atoms with Crippen LogP contribution in [-0.2, 0) is 14.3 Å². The highest BCUT2D eigenvalue weighted by Gasteiger charge is 2.38. The predicted molar refractivity (Wildman–Crippen MR) is 112 cm³/mol. The first-order valence-corrected chi connectivity index (χ1v) is 10.2. The number of benzene rings is 1. The number of ether oxygens (including phenoxy) is 2. The Morgan fingerprint density at radius 1 is 1.14 bits per heavy atom. The maximum Gasteiger partial charge on any atom is 0.341 e. The van der Waals surface area contributed by atoms with E-state index in [1.54, 1.807) is 29.6 Å². The second-order valence-corrected chi connectivity index (χ2v) is 8.01. The molecule has 0 aliphatic heterocycles. The molecule has 1 N–H and O–H groups in total. The minimum atomic E-state index is -1.65. The maximum atomic E-state index is 12.4. The fraction of sp³-hybridized carbons (Fsp3) is 0.300. The van der Waals surface area contributed by atoms with Crippen LogP contribution in [0.15, 0.2) is 41.8 Å². The second kappa shape index (κ2) is 10.2. The Bertz CT molecular complexity index is 892. The Hall–Kier alpha value is -2.65. The third-order valence-electron chi connectivity index (χ3n) is 3.79. The third kappa shape index (κ3) is 5.91. The van der Waals surface area contributed by atoms with Crippen molar-refractivity contribution in [1.82, 2.24) is 5.32 Å². The molecule has 0 fully saturated rings. The van der Waals surface area contributed by atoms with Gasteiger partial charge in [0.2, 0.25) is 5.91 Å². The third-order valence-corrected chi connectivity index (χ3v) is 5.07. The van der Waals surface area contributed by atoms with Gasteiger partial charge in [-0.2, -0.15) is 12.6 Å². The molecule has 2 rings (SSSR count). The Kier molecular flexibility index (Phi) is 7.98. The van der Waals surface area contributed by atoms with Crippen LogP contribution in [0.1, 0.15) is 40.3 Å². The Morgan fingerprint density at radius 3 is 2.52 bits per heavy atom. The lowest BCUT2D eigenvalue weighted by Gasteiger charge is -2.20. The number of hydrogen-bond donors (Lipinski definition) is 2. The van der Waals surface area contributed by atoms with Gasteiger partial charge in [0.15, 0.2) is 10.5 Å². The summed E-state index contributed by atoms with van der Waals surface area (Å²) in [4.78, 5) is 49.4. The number of para-hydroxylation sites is 1. The zero-order valence-electron chi connectivity index (χ0n) is 16.0. The van der Waals surface area contributed by atoms with Crippen LogP contribution in [0, 0.1) is 0 Å². The molecule has 0 bridgehead atoms. The molecule has 29 heavy (non-hydrogen) atoms. The highest BCUT2D eigenvalue weighted by atomic mass is 32.1. The largest absolute Gasteiger partial charge is 0.462 e. The van der Waals surface area contributed by atoms with Crippen LogP contribution >= 0.6 is 24.0 Å². The number of carbonyl (C=O) groups is 4. The number of Topliss-reactive ketones (excluding diaryl/α,β-unsaturated/α-hetero) is 1. The molecule has 1 unspecified atom stereocenters. The number of esters is 2. The van der Waals surface area contributed by atoms with E-state index < -0.39 is 34.9 Å². The van der Waals surface area contributed by atoms with Gasteiger partial charge >= 0.3 is 11.9 Å². The number of nitrogens with one attached hydrogen (secondary N) is 1. The first-order chi connectivity index (χ1) is 13.8. The fourth-order valence-electron chi connectivity index (χ4n) is 2.23. The van der Waals surface area contributed by atoms with E-state index >= 15 is 0 Å². The highest BCUT2D eigenvalue weighted by molar-refractivity contribution is 7.83. The highest BCUT2D eigenvalue weighted by Crippen LogP contribution is 2.24.